The van der Waals surface area contributed by atoms with Gasteiger partial charge in [-0.1, -0.05) is 46.3 Å². The number of carbonyl (C=O) groups is 4. The van der Waals surface area contributed by atoms with E-state index >= 15 is 0 Å². The smallest absolute Gasteiger partial charge is 0.338 e. The number of fused-ring (bicyclic) bond motifs is 5. The molecular weight excluding hydrogens is 462 g/mol. The van der Waals surface area contributed by atoms with Crippen LogP contribution in [-0.2, 0) is 14.3 Å². The predicted octanol–water partition coefficient (Wildman–Crippen LogP) is 3.80. The zero-order chi connectivity index (χ0) is 21.7. The van der Waals surface area contributed by atoms with Crippen LogP contribution < -0.4 is 4.90 Å². The molecule has 0 spiro atoms. The first-order valence-corrected chi connectivity index (χ1v) is 10.9. The van der Waals surface area contributed by atoms with Gasteiger partial charge in [-0.3, -0.25) is 14.4 Å². The first kappa shape index (κ1) is 19.9. The van der Waals surface area contributed by atoms with Gasteiger partial charge >= 0.3 is 5.97 Å². The Labute approximate surface area is 187 Å². The van der Waals surface area contributed by atoms with Crippen molar-refractivity contribution in [3.63, 3.8) is 0 Å². The van der Waals surface area contributed by atoms with E-state index in [0.717, 1.165) is 10.9 Å². The molecular formula is C24H18BrNO5. The minimum atomic E-state index is -0.687. The number of amides is 2. The Morgan fingerprint density at radius 2 is 1.58 bits per heavy atom. The number of nitrogens with zero attached hydrogens (tertiary/aromatic N) is 1. The normalized spacial score (nSPS) is 25.8. The Morgan fingerprint density at radius 3 is 2.23 bits per heavy atom. The standard InChI is InChI=1S/C24H18BrNO5/c25-17-8-6-13(7-9-17)19(27)12-31-24(30)16-2-1-3-18(11-16)26-22(28)20-14-4-5-15(10-14)21(20)23(26)29/h1-9,11,14-15,20-21H,10,12H2/t14-,15-,20-,21+/m0/s1. The molecule has 6 nitrogen and oxygen atoms in total. The molecule has 2 fully saturated rings. The molecule has 2 bridgehead atoms. The molecule has 2 amide bonds. The quantitative estimate of drug-likeness (QED) is 0.282. The second-order valence-corrected chi connectivity index (χ2v) is 8.98. The lowest BCUT2D eigenvalue weighted by atomic mass is 9.85. The van der Waals surface area contributed by atoms with Crippen LogP contribution in [-0.4, -0.2) is 30.2 Å². The van der Waals surface area contributed by atoms with Crippen molar-refractivity contribution in [2.45, 2.75) is 6.42 Å². The summed E-state index contributed by atoms with van der Waals surface area (Å²) in [6, 6.07) is 13.0. The number of hydrogen-bond donors (Lipinski definition) is 0. The highest BCUT2D eigenvalue weighted by molar-refractivity contribution is 9.10. The van der Waals surface area contributed by atoms with E-state index in [0.29, 0.717) is 11.3 Å². The fraction of sp³-hybridized carbons (Fsp3) is 0.250. The number of halogens is 1. The average molecular weight is 480 g/mol. The van der Waals surface area contributed by atoms with E-state index in [1.54, 1.807) is 36.4 Å². The van der Waals surface area contributed by atoms with E-state index in [2.05, 4.69) is 15.9 Å². The second-order valence-electron chi connectivity index (χ2n) is 8.07. The van der Waals surface area contributed by atoms with Crippen LogP contribution >= 0.6 is 15.9 Å². The number of ketones is 1. The molecule has 7 heteroatoms. The summed E-state index contributed by atoms with van der Waals surface area (Å²) in [4.78, 5) is 51.9. The van der Waals surface area contributed by atoms with Gasteiger partial charge in [0.25, 0.3) is 0 Å². The van der Waals surface area contributed by atoms with Gasteiger partial charge in [-0.25, -0.2) is 9.69 Å². The second kappa shape index (κ2) is 7.57. The zero-order valence-electron chi connectivity index (χ0n) is 16.4. The highest BCUT2D eigenvalue weighted by Crippen LogP contribution is 2.53. The van der Waals surface area contributed by atoms with Crippen LogP contribution in [0.3, 0.4) is 0 Å². The van der Waals surface area contributed by atoms with Crippen LogP contribution in [0.15, 0.2) is 65.2 Å². The number of anilines is 1. The average Bonchev–Trinajstić information content (AvgIpc) is 3.46. The summed E-state index contributed by atoms with van der Waals surface area (Å²) < 4.78 is 6.01. The van der Waals surface area contributed by atoms with Gasteiger partial charge in [-0.05, 0) is 48.6 Å². The zero-order valence-corrected chi connectivity index (χ0v) is 17.9. The molecule has 0 N–H and O–H groups in total. The van der Waals surface area contributed by atoms with Crippen LogP contribution in [0.1, 0.15) is 27.1 Å². The van der Waals surface area contributed by atoms with Crippen LogP contribution in [0, 0.1) is 23.7 Å². The minimum absolute atomic E-state index is 0.120. The number of carbonyl (C=O) groups excluding carboxylic acids is 4. The lowest BCUT2D eigenvalue weighted by Gasteiger charge is -2.18. The number of allylic oxidation sites excluding steroid dienone is 2. The van der Waals surface area contributed by atoms with Crippen molar-refractivity contribution in [2.75, 3.05) is 11.5 Å². The fourth-order valence-electron chi connectivity index (χ4n) is 4.86. The SMILES string of the molecule is O=C(COC(=O)c1cccc(N2C(=O)[C@@H]3[C@H](C2=O)[C@H]2C=C[C@H]3C2)c1)c1ccc(Br)cc1. The van der Waals surface area contributed by atoms with Crippen molar-refractivity contribution in [1.29, 1.82) is 0 Å². The van der Waals surface area contributed by atoms with Crippen molar-refractivity contribution in [3.05, 3.63) is 76.3 Å². The number of Topliss-reactive ketones (excluding diaryl/α,β-unsaturated/α-hetero) is 1. The molecule has 2 aromatic rings. The molecule has 3 aliphatic rings. The van der Waals surface area contributed by atoms with E-state index in [1.807, 2.05) is 12.2 Å². The van der Waals surface area contributed by atoms with Gasteiger partial charge < -0.3 is 4.74 Å². The number of rotatable bonds is 5. The van der Waals surface area contributed by atoms with Crippen molar-refractivity contribution in [3.8, 4) is 0 Å². The Hall–Kier alpha value is -3.06. The molecule has 1 saturated heterocycles. The highest BCUT2D eigenvalue weighted by atomic mass is 79.9. The van der Waals surface area contributed by atoms with E-state index in [-0.39, 0.29) is 46.8 Å². The van der Waals surface area contributed by atoms with Crippen LogP contribution in [0.25, 0.3) is 0 Å². The molecule has 1 aliphatic heterocycles. The summed E-state index contributed by atoms with van der Waals surface area (Å²) in [7, 11) is 0. The molecule has 5 rings (SSSR count). The summed E-state index contributed by atoms with van der Waals surface area (Å²) >= 11 is 3.30. The van der Waals surface area contributed by atoms with E-state index in [1.165, 1.54) is 17.0 Å². The first-order valence-electron chi connectivity index (χ1n) is 10.1. The van der Waals surface area contributed by atoms with Gasteiger partial charge in [0.15, 0.2) is 12.4 Å². The maximum absolute atomic E-state index is 13.0. The molecule has 2 aliphatic carbocycles. The van der Waals surface area contributed by atoms with Crippen molar-refractivity contribution in [1.82, 2.24) is 0 Å². The van der Waals surface area contributed by atoms with Gasteiger partial charge in [0, 0.05) is 10.0 Å². The largest absolute Gasteiger partial charge is 0.454 e. The summed E-state index contributed by atoms with van der Waals surface area (Å²) in [6.45, 7) is -0.397. The van der Waals surface area contributed by atoms with E-state index < -0.39 is 12.6 Å². The van der Waals surface area contributed by atoms with Crippen LogP contribution in [0.4, 0.5) is 5.69 Å². The molecule has 2 aromatic carbocycles. The Kier molecular flexibility index (Phi) is 4.85. The fourth-order valence-corrected chi connectivity index (χ4v) is 5.13. The summed E-state index contributed by atoms with van der Waals surface area (Å²) in [6.07, 6.45) is 4.94. The van der Waals surface area contributed by atoms with Crippen LogP contribution in [0.5, 0.6) is 0 Å². The maximum Gasteiger partial charge on any atom is 0.338 e. The molecule has 1 saturated carbocycles. The number of esters is 1. The van der Waals surface area contributed by atoms with Gasteiger partial charge in [-0.15, -0.1) is 0 Å². The highest BCUT2D eigenvalue weighted by Gasteiger charge is 2.59. The summed E-state index contributed by atoms with van der Waals surface area (Å²) in [5.41, 5.74) is 0.977. The molecule has 156 valence electrons. The van der Waals surface area contributed by atoms with Crippen molar-refractivity contribution in [2.24, 2.45) is 23.7 Å². The molecule has 0 aromatic heterocycles. The lowest BCUT2D eigenvalue weighted by Crippen LogP contribution is -2.33. The third-order valence-corrected chi connectivity index (χ3v) is 6.84. The van der Waals surface area contributed by atoms with Gasteiger partial charge in [0.2, 0.25) is 11.8 Å². The summed E-state index contributed by atoms with van der Waals surface area (Å²) in [5, 5.41) is 0. The number of hydrogen-bond acceptors (Lipinski definition) is 5. The Morgan fingerprint density at radius 1 is 0.935 bits per heavy atom. The monoisotopic (exact) mass is 479 g/mol. The van der Waals surface area contributed by atoms with Crippen molar-refractivity contribution < 1.29 is 23.9 Å². The first-order chi connectivity index (χ1) is 14.9. The van der Waals surface area contributed by atoms with Gasteiger partial charge in [0.05, 0.1) is 23.1 Å². The maximum atomic E-state index is 13.0. The molecule has 0 radical (unpaired) electrons. The molecule has 1 heterocycles. The van der Waals surface area contributed by atoms with Crippen LogP contribution in [0.2, 0.25) is 0 Å². The lowest BCUT2D eigenvalue weighted by molar-refractivity contribution is -0.123. The molecule has 4 atom stereocenters. The topological polar surface area (TPSA) is 80.8 Å². The van der Waals surface area contributed by atoms with Gasteiger partial charge in [-0.2, -0.15) is 0 Å². The minimum Gasteiger partial charge on any atom is -0.454 e. The molecule has 31 heavy (non-hydrogen) atoms. The summed E-state index contributed by atoms with van der Waals surface area (Å²) in [5.74, 6) is -1.79. The third kappa shape index (κ3) is 3.33. The predicted molar refractivity (Wildman–Crippen MR) is 115 cm³/mol. The number of benzene rings is 2. The van der Waals surface area contributed by atoms with E-state index in [9.17, 15) is 19.2 Å². The Bertz CT molecular complexity index is 1110. The van der Waals surface area contributed by atoms with Gasteiger partial charge in [0.1, 0.15) is 0 Å². The number of ether oxygens (including phenoxy) is 1. The van der Waals surface area contributed by atoms with Crippen molar-refractivity contribution >= 4 is 45.2 Å². The number of imide groups is 1. The Balaban J connectivity index is 1.30. The third-order valence-electron chi connectivity index (χ3n) is 6.31. The molecule has 0 unspecified atom stereocenters. The van der Waals surface area contributed by atoms with E-state index in [4.69, 9.17) is 4.74 Å².